The van der Waals surface area contributed by atoms with E-state index in [2.05, 4.69) is 28.1 Å². The molecule has 0 aliphatic heterocycles. The molecule has 1 aliphatic carbocycles. The number of aromatic nitrogens is 6. The average Bonchev–Trinajstić information content (AvgIpc) is 3.39. The topological polar surface area (TPSA) is 71.8 Å². The molecule has 154 valence electrons. The molecular weight excluding hydrogens is 372 g/mol. The summed E-state index contributed by atoms with van der Waals surface area (Å²) in [5.41, 5.74) is 5.67. The van der Waals surface area contributed by atoms with Crippen molar-refractivity contribution in [3.63, 3.8) is 0 Å². The van der Waals surface area contributed by atoms with Gasteiger partial charge in [-0.15, -0.1) is 0 Å². The lowest BCUT2D eigenvalue weighted by atomic mass is 9.78. The molecular formula is C24H28N6. The zero-order valence-electron chi connectivity index (χ0n) is 17.7. The van der Waals surface area contributed by atoms with E-state index >= 15 is 0 Å². The fraction of sp³-hybridized carbons (Fsp3) is 0.417. The SMILES string of the molecule is Cc1cccc(-c2[nH]c(CCC3CCCCC3C)nc2-c2ccc3ncnn3c2)n1. The minimum absolute atomic E-state index is 0.805. The molecule has 1 aliphatic rings. The summed E-state index contributed by atoms with van der Waals surface area (Å²) in [5.74, 6) is 2.67. The van der Waals surface area contributed by atoms with Crippen LogP contribution in [0.1, 0.15) is 50.5 Å². The number of fused-ring (bicyclic) bond motifs is 1. The van der Waals surface area contributed by atoms with Crippen molar-refractivity contribution in [2.24, 2.45) is 11.8 Å². The van der Waals surface area contributed by atoms with Gasteiger partial charge in [0, 0.05) is 23.9 Å². The molecule has 2 atom stereocenters. The Balaban J connectivity index is 1.50. The van der Waals surface area contributed by atoms with Gasteiger partial charge in [-0.05, 0) is 49.4 Å². The number of pyridine rings is 2. The van der Waals surface area contributed by atoms with Gasteiger partial charge in [0.15, 0.2) is 5.65 Å². The summed E-state index contributed by atoms with van der Waals surface area (Å²) >= 11 is 0. The normalized spacial score (nSPS) is 19.4. The van der Waals surface area contributed by atoms with Crippen LogP contribution in [0.4, 0.5) is 0 Å². The molecule has 0 bridgehead atoms. The van der Waals surface area contributed by atoms with Gasteiger partial charge < -0.3 is 4.98 Å². The number of hydrogen-bond acceptors (Lipinski definition) is 4. The van der Waals surface area contributed by atoms with E-state index in [-0.39, 0.29) is 0 Å². The van der Waals surface area contributed by atoms with Crippen LogP contribution in [-0.4, -0.2) is 29.5 Å². The van der Waals surface area contributed by atoms with Crippen LogP contribution >= 0.6 is 0 Å². The third-order valence-corrected chi connectivity index (χ3v) is 6.49. The van der Waals surface area contributed by atoms with Gasteiger partial charge in [-0.25, -0.2) is 14.5 Å². The van der Waals surface area contributed by atoms with Crippen molar-refractivity contribution >= 4 is 5.65 Å². The largest absolute Gasteiger partial charge is 0.340 e. The Hall–Kier alpha value is -3.02. The Morgan fingerprint density at radius 3 is 2.87 bits per heavy atom. The first-order chi connectivity index (χ1) is 14.7. The Morgan fingerprint density at radius 2 is 2.00 bits per heavy atom. The minimum atomic E-state index is 0.805. The van der Waals surface area contributed by atoms with Crippen LogP contribution in [0.25, 0.3) is 28.3 Å². The first-order valence-corrected chi connectivity index (χ1v) is 11.0. The summed E-state index contributed by atoms with van der Waals surface area (Å²) in [6, 6.07) is 10.2. The molecule has 4 heterocycles. The van der Waals surface area contributed by atoms with E-state index < -0.39 is 0 Å². The molecule has 30 heavy (non-hydrogen) atoms. The van der Waals surface area contributed by atoms with Crippen LogP contribution < -0.4 is 0 Å². The highest BCUT2D eigenvalue weighted by Crippen LogP contribution is 2.34. The number of aromatic amines is 1. The molecule has 1 saturated carbocycles. The monoisotopic (exact) mass is 400 g/mol. The Morgan fingerprint density at radius 1 is 1.10 bits per heavy atom. The predicted molar refractivity (Wildman–Crippen MR) is 118 cm³/mol. The lowest BCUT2D eigenvalue weighted by molar-refractivity contribution is 0.241. The Labute approximate surface area is 176 Å². The number of nitrogens with one attached hydrogen (secondary N) is 1. The van der Waals surface area contributed by atoms with Crippen molar-refractivity contribution in [2.45, 2.75) is 52.4 Å². The van der Waals surface area contributed by atoms with Gasteiger partial charge >= 0.3 is 0 Å². The molecule has 1 N–H and O–H groups in total. The fourth-order valence-corrected chi connectivity index (χ4v) is 4.72. The molecule has 6 nitrogen and oxygen atoms in total. The minimum Gasteiger partial charge on any atom is -0.340 e. The van der Waals surface area contributed by atoms with Gasteiger partial charge in [0.2, 0.25) is 0 Å². The molecule has 0 amide bonds. The molecule has 4 aromatic heterocycles. The van der Waals surface area contributed by atoms with Gasteiger partial charge in [-0.1, -0.05) is 38.7 Å². The zero-order valence-corrected chi connectivity index (χ0v) is 17.7. The van der Waals surface area contributed by atoms with E-state index in [0.717, 1.165) is 58.1 Å². The summed E-state index contributed by atoms with van der Waals surface area (Å²) in [7, 11) is 0. The quantitative estimate of drug-likeness (QED) is 0.497. The Kier molecular flexibility index (Phi) is 5.07. The molecule has 0 aromatic carbocycles. The van der Waals surface area contributed by atoms with Gasteiger partial charge in [0.25, 0.3) is 0 Å². The van der Waals surface area contributed by atoms with Crippen molar-refractivity contribution < 1.29 is 0 Å². The van der Waals surface area contributed by atoms with E-state index in [1.807, 2.05) is 37.4 Å². The van der Waals surface area contributed by atoms with E-state index in [1.54, 1.807) is 10.8 Å². The summed E-state index contributed by atoms with van der Waals surface area (Å²) in [4.78, 5) is 17.6. The standard InChI is InChI=1S/C24H28N6/c1-16-6-3-4-8-18(16)10-12-21-28-23(19-11-13-22-25-15-26-30(22)14-19)24(29-21)20-9-5-7-17(2)27-20/h5,7,9,11,13-16,18H,3-4,6,8,10,12H2,1-2H3,(H,28,29). The van der Waals surface area contributed by atoms with Crippen molar-refractivity contribution in [1.29, 1.82) is 0 Å². The van der Waals surface area contributed by atoms with E-state index in [4.69, 9.17) is 9.97 Å². The van der Waals surface area contributed by atoms with Crippen molar-refractivity contribution in [3.8, 4) is 22.6 Å². The second kappa shape index (κ2) is 8.01. The second-order valence-corrected chi connectivity index (χ2v) is 8.61. The lowest BCUT2D eigenvalue weighted by Gasteiger charge is -2.28. The summed E-state index contributed by atoms with van der Waals surface area (Å²) in [6.07, 6.45) is 11.2. The maximum absolute atomic E-state index is 5.03. The van der Waals surface area contributed by atoms with Crippen LogP contribution in [0.15, 0.2) is 42.9 Å². The van der Waals surface area contributed by atoms with Crippen LogP contribution in [0, 0.1) is 18.8 Å². The molecule has 0 spiro atoms. The van der Waals surface area contributed by atoms with Crippen LogP contribution in [0.3, 0.4) is 0 Å². The van der Waals surface area contributed by atoms with E-state index in [1.165, 1.54) is 32.1 Å². The number of hydrogen-bond donors (Lipinski definition) is 1. The Bertz CT molecular complexity index is 1160. The molecule has 1 fully saturated rings. The second-order valence-electron chi connectivity index (χ2n) is 8.61. The number of nitrogens with zero attached hydrogens (tertiary/aromatic N) is 5. The van der Waals surface area contributed by atoms with Gasteiger partial charge in [-0.3, -0.25) is 4.98 Å². The van der Waals surface area contributed by atoms with Crippen molar-refractivity contribution in [2.75, 3.05) is 0 Å². The number of aryl methyl sites for hydroxylation is 2. The molecule has 0 radical (unpaired) electrons. The van der Waals surface area contributed by atoms with Gasteiger partial charge in [0.1, 0.15) is 12.2 Å². The summed E-state index contributed by atoms with van der Waals surface area (Å²) in [5, 5.41) is 4.29. The fourth-order valence-electron chi connectivity index (χ4n) is 4.72. The summed E-state index contributed by atoms with van der Waals surface area (Å²) in [6.45, 7) is 4.43. The number of rotatable bonds is 5. The maximum Gasteiger partial charge on any atom is 0.155 e. The highest BCUT2D eigenvalue weighted by Gasteiger charge is 2.22. The smallest absolute Gasteiger partial charge is 0.155 e. The predicted octanol–water partition coefficient (Wildman–Crippen LogP) is 5.25. The summed E-state index contributed by atoms with van der Waals surface area (Å²) < 4.78 is 1.79. The maximum atomic E-state index is 5.03. The van der Waals surface area contributed by atoms with Crippen LogP contribution in [0.5, 0.6) is 0 Å². The van der Waals surface area contributed by atoms with Crippen LogP contribution in [0.2, 0.25) is 0 Å². The molecule has 5 rings (SSSR count). The number of imidazole rings is 1. The molecule has 2 unspecified atom stereocenters. The highest BCUT2D eigenvalue weighted by atomic mass is 15.3. The van der Waals surface area contributed by atoms with E-state index in [9.17, 15) is 0 Å². The van der Waals surface area contributed by atoms with Crippen molar-refractivity contribution in [1.82, 2.24) is 29.5 Å². The zero-order chi connectivity index (χ0) is 20.5. The average molecular weight is 401 g/mol. The molecule has 6 heteroatoms. The molecule has 4 aromatic rings. The van der Waals surface area contributed by atoms with Gasteiger partial charge in [-0.2, -0.15) is 5.10 Å². The first-order valence-electron chi connectivity index (χ1n) is 11.0. The molecule has 0 saturated heterocycles. The lowest BCUT2D eigenvalue weighted by Crippen LogP contribution is -2.17. The third kappa shape index (κ3) is 3.74. The van der Waals surface area contributed by atoms with Gasteiger partial charge in [0.05, 0.1) is 17.1 Å². The first kappa shape index (κ1) is 19.0. The van der Waals surface area contributed by atoms with Crippen molar-refractivity contribution in [3.05, 3.63) is 54.4 Å². The number of H-pyrrole nitrogens is 1. The van der Waals surface area contributed by atoms with Crippen LogP contribution in [-0.2, 0) is 6.42 Å². The van der Waals surface area contributed by atoms with E-state index in [0.29, 0.717) is 0 Å². The highest BCUT2D eigenvalue weighted by molar-refractivity contribution is 5.77. The third-order valence-electron chi connectivity index (χ3n) is 6.49.